The van der Waals surface area contributed by atoms with Crippen molar-refractivity contribution >= 4 is 34.2 Å². The number of methoxy groups -OCH3 is 1. The van der Waals surface area contributed by atoms with Gasteiger partial charge in [0.15, 0.2) is 5.65 Å². The molecule has 0 aliphatic rings. The summed E-state index contributed by atoms with van der Waals surface area (Å²) in [5.74, 6) is 0.334. The average molecular weight is 317 g/mol. The number of carbonyl (C=O) groups excluding carboxylic acids is 1. The number of fused-ring (bicyclic) bond motifs is 1. The summed E-state index contributed by atoms with van der Waals surface area (Å²) in [4.78, 5) is 21.1. The van der Waals surface area contributed by atoms with Crippen molar-refractivity contribution in [2.75, 3.05) is 12.4 Å². The van der Waals surface area contributed by atoms with E-state index < -0.39 is 0 Å². The van der Waals surface area contributed by atoms with Crippen LogP contribution in [0.4, 0.5) is 5.82 Å². The van der Waals surface area contributed by atoms with Gasteiger partial charge in [0.25, 0.3) is 0 Å². The summed E-state index contributed by atoms with van der Waals surface area (Å²) in [5.41, 5.74) is 1.86. The van der Waals surface area contributed by atoms with Crippen molar-refractivity contribution in [3.8, 4) is 0 Å². The van der Waals surface area contributed by atoms with Gasteiger partial charge in [0.2, 0.25) is 0 Å². The Morgan fingerprint density at radius 2 is 2.32 bits per heavy atom. The Hall–Kier alpha value is -2.48. The average Bonchev–Trinajstić information content (AvgIpc) is 3.12. The van der Waals surface area contributed by atoms with Gasteiger partial charge in [0, 0.05) is 4.88 Å². The van der Waals surface area contributed by atoms with Crippen molar-refractivity contribution in [2.45, 2.75) is 20.0 Å². The van der Waals surface area contributed by atoms with Crippen molar-refractivity contribution in [1.29, 1.82) is 0 Å². The molecule has 0 atom stereocenters. The number of ether oxygens (including phenoxy) is 1. The summed E-state index contributed by atoms with van der Waals surface area (Å²) in [5, 5.41) is 10.3. The summed E-state index contributed by atoms with van der Waals surface area (Å²) in [6, 6.07) is 2.09. The molecule has 3 aromatic heterocycles. The summed E-state index contributed by atoms with van der Waals surface area (Å²) in [6.07, 6.45) is 3.11. The van der Waals surface area contributed by atoms with Crippen molar-refractivity contribution in [3.05, 3.63) is 34.4 Å². The number of carbonyl (C=O) groups is 1. The van der Waals surface area contributed by atoms with Crippen LogP contribution in [-0.2, 0) is 22.6 Å². The quantitative estimate of drug-likeness (QED) is 0.725. The number of rotatable bonds is 5. The summed E-state index contributed by atoms with van der Waals surface area (Å²) in [6.45, 7) is 2.80. The number of esters is 1. The topological polar surface area (TPSA) is 81.9 Å². The molecule has 0 saturated carbocycles. The maximum absolute atomic E-state index is 11.4. The van der Waals surface area contributed by atoms with E-state index in [1.165, 1.54) is 28.6 Å². The van der Waals surface area contributed by atoms with Gasteiger partial charge in [0.1, 0.15) is 18.7 Å². The lowest BCUT2D eigenvalue weighted by Gasteiger charge is -2.06. The van der Waals surface area contributed by atoms with Crippen LogP contribution in [0.5, 0.6) is 0 Å². The van der Waals surface area contributed by atoms with Gasteiger partial charge in [-0.05, 0) is 23.9 Å². The monoisotopic (exact) mass is 317 g/mol. The normalized spacial score (nSPS) is 10.8. The van der Waals surface area contributed by atoms with Crippen LogP contribution in [0.3, 0.4) is 0 Å². The number of anilines is 1. The van der Waals surface area contributed by atoms with E-state index in [0.717, 1.165) is 5.39 Å². The van der Waals surface area contributed by atoms with Gasteiger partial charge in [-0.15, -0.1) is 11.3 Å². The minimum atomic E-state index is -0.368. The first-order valence-corrected chi connectivity index (χ1v) is 7.57. The van der Waals surface area contributed by atoms with E-state index in [1.807, 2.05) is 0 Å². The van der Waals surface area contributed by atoms with E-state index in [4.69, 9.17) is 0 Å². The predicted octanol–water partition coefficient (Wildman–Crippen LogP) is 1.98. The summed E-state index contributed by atoms with van der Waals surface area (Å²) in [7, 11) is 1.35. The number of thiophene rings is 1. The van der Waals surface area contributed by atoms with Gasteiger partial charge in [-0.25, -0.2) is 14.6 Å². The molecule has 22 heavy (non-hydrogen) atoms. The molecule has 3 heterocycles. The molecule has 8 heteroatoms. The molecule has 114 valence electrons. The van der Waals surface area contributed by atoms with Crippen molar-refractivity contribution in [1.82, 2.24) is 19.7 Å². The molecule has 1 N–H and O–H groups in total. The van der Waals surface area contributed by atoms with E-state index in [1.54, 1.807) is 17.5 Å². The zero-order chi connectivity index (χ0) is 15.5. The lowest BCUT2D eigenvalue weighted by molar-refractivity contribution is -0.141. The lowest BCUT2D eigenvalue weighted by atomic mass is 10.3. The molecule has 0 spiro atoms. The van der Waals surface area contributed by atoms with Gasteiger partial charge in [-0.3, -0.25) is 4.79 Å². The van der Waals surface area contributed by atoms with Crippen molar-refractivity contribution in [3.63, 3.8) is 0 Å². The first kappa shape index (κ1) is 14.5. The highest BCUT2D eigenvalue weighted by atomic mass is 32.1. The Kier molecular flexibility index (Phi) is 4.01. The molecule has 0 fully saturated rings. The van der Waals surface area contributed by atoms with Crippen molar-refractivity contribution < 1.29 is 9.53 Å². The number of hydrogen-bond donors (Lipinski definition) is 1. The highest BCUT2D eigenvalue weighted by Crippen LogP contribution is 2.21. The zero-order valence-corrected chi connectivity index (χ0v) is 13.1. The third-order valence-corrected chi connectivity index (χ3v) is 4.35. The van der Waals surface area contributed by atoms with Crippen LogP contribution >= 0.6 is 11.3 Å². The number of nitrogens with zero attached hydrogens (tertiary/aromatic N) is 4. The highest BCUT2D eigenvalue weighted by molar-refractivity contribution is 7.10. The molecule has 0 radical (unpaired) electrons. The Morgan fingerprint density at radius 3 is 3.05 bits per heavy atom. The number of hydrogen-bond acceptors (Lipinski definition) is 7. The molecular weight excluding hydrogens is 302 g/mol. The Balaban J connectivity index is 1.84. The highest BCUT2D eigenvalue weighted by Gasteiger charge is 2.12. The third-order valence-electron chi connectivity index (χ3n) is 3.32. The van der Waals surface area contributed by atoms with E-state index >= 15 is 0 Å². The molecule has 3 rings (SSSR count). The van der Waals surface area contributed by atoms with E-state index in [0.29, 0.717) is 18.0 Å². The molecule has 0 aliphatic carbocycles. The van der Waals surface area contributed by atoms with Gasteiger partial charge < -0.3 is 10.1 Å². The SMILES string of the molecule is COC(=O)Cn1ncc2c(NCc3sccc3C)ncnc21. The molecule has 0 amide bonds. The maximum Gasteiger partial charge on any atom is 0.327 e. The first-order chi connectivity index (χ1) is 10.7. The van der Waals surface area contributed by atoms with Crippen LogP contribution in [0.1, 0.15) is 10.4 Å². The third kappa shape index (κ3) is 2.77. The number of aromatic nitrogens is 4. The second-order valence-electron chi connectivity index (χ2n) is 4.72. The fourth-order valence-corrected chi connectivity index (χ4v) is 2.93. The minimum absolute atomic E-state index is 0.0283. The molecule has 0 saturated heterocycles. The fraction of sp³-hybridized carbons (Fsp3) is 0.286. The lowest BCUT2D eigenvalue weighted by Crippen LogP contribution is -2.13. The standard InChI is InChI=1S/C14H15N5O2S/c1-9-3-4-22-11(9)6-15-13-10-5-18-19(7-12(20)21-2)14(10)17-8-16-13/h3-5,8H,6-7H2,1-2H3,(H,15,16,17). The van der Waals surface area contributed by atoms with Gasteiger partial charge >= 0.3 is 5.97 Å². The van der Waals surface area contributed by atoms with E-state index in [2.05, 4.69) is 43.5 Å². The van der Waals surface area contributed by atoms with Gasteiger partial charge in [0.05, 0.1) is 25.2 Å². The maximum atomic E-state index is 11.4. The molecular formula is C14H15N5O2S. The Morgan fingerprint density at radius 1 is 1.45 bits per heavy atom. The van der Waals surface area contributed by atoms with Crippen LogP contribution in [0.25, 0.3) is 11.0 Å². The van der Waals surface area contributed by atoms with Crippen LogP contribution in [-0.4, -0.2) is 32.8 Å². The fourth-order valence-electron chi connectivity index (χ4n) is 2.09. The number of aryl methyl sites for hydroxylation is 1. The Bertz CT molecular complexity index is 811. The van der Waals surface area contributed by atoms with E-state index in [-0.39, 0.29) is 12.5 Å². The second-order valence-corrected chi connectivity index (χ2v) is 5.72. The predicted molar refractivity (Wildman–Crippen MR) is 83.7 cm³/mol. The molecule has 0 unspecified atom stereocenters. The smallest absolute Gasteiger partial charge is 0.327 e. The molecule has 7 nitrogen and oxygen atoms in total. The number of nitrogens with one attached hydrogen (secondary N) is 1. The van der Waals surface area contributed by atoms with Crippen LogP contribution < -0.4 is 5.32 Å². The van der Waals surface area contributed by atoms with Crippen LogP contribution in [0.2, 0.25) is 0 Å². The molecule has 0 aliphatic heterocycles. The first-order valence-electron chi connectivity index (χ1n) is 6.69. The second kappa shape index (κ2) is 6.10. The zero-order valence-electron chi connectivity index (χ0n) is 12.2. The van der Waals surface area contributed by atoms with Crippen molar-refractivity contribution in [2.24, 2.45) is 0 Å². The Labute approximate surface area is 131 Å². The van der Waals surface area contributed by atoms with E-state index in [9.17, 15) is 4.79 Å². The molecule has 3 aromatic rings. The van der Waals surface area contributed by atoms with Crippen LogP contribution in [0.15, 0.2) is 24.0 Å². The summed E-state index contributed by atoms with van der Waals surface area (Å²) < 4.78 is 6.16. The van der Waals surface area contributed by atoms with Gasteiger partial charge in [-0.2, -0.15) is 5.10 Å². The minimum Gasteiger partial charge on any atom is -0.468 e. The largest absolute Gasteiger partial charge is 0.468 e. The molecule has 0 aromatic carbocycles. The molecule has 0 bridgehead atoms. The van der Waals surface area contributed by atoms with Crippen LogP contribution in [0, 0.1) is 6.92 Å². The van der Waals surface area contributed by atoms with Gasteiger partial charge in [-0.1, -0.05) is 0 Å². The summed E-state index contributed by atoms with van der Waals surface area (Å²) >= 11 is 1.70.